The van der Waals surface area contributed by atoms with Gasteiger partial charge in [-0.25, -0.2) is 9.59 Å². The molecule has 1 aliphatic carbocycles. The van der Waals surface area contributed by atoms with Crippen LogP contribution >= 0.6 is 69.5 Å². The van der Waals surface area contributed by atoms with Crippen LogP contribution in [0.1, 0.15) is 82.1 Å². The van der Waals surface area contributed by atoms with E-state index in [9.17, 15) is 24.3 Å². The van der Waals surface area contributed by atoms with Gasteiger partial charge >= 0.3 is 11.9 Å². The Morgan fingerprint density at radius 1 is 1.02 bits per heavy atom. The first-order valence-electron chi connectivity index (χ1n) is 14.3. The average molecular weight is 747 g/mol. The number of hydrogen-bond donors (Lipinski definition) is 3. The smallest absolute Gasteiger partial charge is 0.341 e. The summed E-state index contributed by atoms with van der Waals surface area (Å²) in [5, 5.41) is 14.0. The third-order valence-electron chi connectivity index (χ3n) is 7.86. The molecule has 1 aliphatic rings. The van der Waals surface area contributed by atoms with Crippen LogP contribution < -0.4 is 10.6 Å². The van der Waals surface area contributed by atoms with Gasteiger partial charge in [0.05, 0.1) is 49.1 Å². The lowest BCUT2D eigenvalue weighted by Crippen LogP contribution is -2.27. The van der Waals surface area contributed by atoms with Crippen LogP contribution in [-0.2, 0) is 22.4 Å². The Labute approximate surface area is 295 Å². The van der Waals surface area contributed by atoms with Gasteiger partial charge in [-0.05, 0) is 60.8 Å². The van der Waals surface area contributed by atoms with Gasteiger partial charge in [0.1, 0.15) is 5.00 Å². The minimum atomic E-state index is -1.51. The summed E-state index contributed by atoms with van der Waals surface area (Å²) < 4.78 is 5.10. The Kier molecular flexibility index (Phi) is 11.7. The Hall–Kier alpha value is -2.47. The van der Waals surface area contributed by atoms with Gasteiger partial charge in [0, 0.05) is 15.5 Å². The number of thioether (sulfide) groups is 1. The number of halogens is 4. The van der Waals surface area contributed by atoms with Crippen LogP contribution in [0.5, 0.6) is 0 Å². The summed E-state index contributed by atoms with van der Waals surface area (Å²) in [6.45, 7) is 8.53. The monoisotopic (exact) mass is 744 g/mol. The molecule has 2 aromatic carbocycles. The first-order chi connectivity index (χ1) is 21.6. The minimum Gasteiger partial charge on any atom is -0.478 e. The van der Waals surface area contributed by atoms with Gasteiger partial charge in [0.2, 0.25) is 5.91 Å². The van der Waals surface area contributed by atoms with Crippen molar-refractivity contribution >= 4 is 104 Å². The van der Waals surface area contributed by atoms with E-state index in [1.807, 2.05) is 6.92 Å². The molecule has 46 heavy (non-hydrogen) atoms. The molecular weight excluding hydrogens is 714 g/mol. The van der Waals surface area contributed by atoms with E-state index in [1.165, 1.54) is 30.2 Å². The number of fused-ring (bicyclic) bond motifs is 1. The molecule has 2 atom stereocenters. The first-order valence-corrected chi connectivity index (χ1v) is 17.5. The number of carbonyl (C=O) groups excluding carboxylic acids is 3. The number of methoxy groups -OCH3 is 1. The molecule has 0 saturated carbocycles. The number of nitrogens with one attached hydrogen (secondary N) is 2. The third kappa shape index (κ3) is 7.63. The number of esters is 1. The lowest BCUT2D eigenvalue weighted by molar-refractivity contribution is -0.115. The van der Waals surface area contributed by atoms with Crippen LogP contribution in [0, 0.1) is 11.3 Å². The number of thiophene rings is 1. The summed E-state index contributed by atoms with van der Waals surface area (Å²) in [5.74, 6) is -2.66. The molecule has 1 heterocycles. The topological polar surface area (TPSA) is 122 Å². The van der Waals surface area contributed by atoms with E-state index in [1.54, 1.807) is 24.3 Å². The molecule has 0 bridgehead atoms. The number of rotatable bonds is 9. The number of hydrogen-bond acceptors (Lipinski definition) is 7. The van der Waals surface area contributed by atoms with Crippen molar-refractivity contribution in [2.24, 2.45) is 11.3 Å². The highest BCUT2D eigenvalue weighted by Crippen LogP contribution is 2.45. The van der Waals surface area contributed by atoms with Gasteiger partial charge in [-0.2, -0.15) is 0 Å². The predicted octanol–water partition coefficient (Wildman–Crippen LogP) is 9.76. The highest BCUT2D eigenvalue weighted by molar-refractivity contribution is 8.00. The van der Waals surface area contributed by atoms with Gasteiger partial charge in [0.15, 0.2) is 0 Å². The second kappa shape index (κ2) is 14.7. The maximum absolute atomic E-state index is 13.6. The van der Waals surface area contributed by atoms with Crippen molar-refractivity contribution < 1.29 is 29.0 Å². The molecule has 14 heteroatoms. The fraction of sp³-hybridized carbons (Fsp3) is 0.375. The summed E-state index contributed by atoms with van der Waals surface area (Å²) in [7, 11) is 1.34. The number of aromatic carboxylic acids is 1. The van der Waals surface area contributed by atoms with Gasteiger partial charge in [0.25, 0.3) is 5.91 Å². The molecule has 0 aliphatic heterocycles. The van der Waals surface area contributed by atoms with Crippen molar-refractivity contribution in [2.75, 3.05) is 17.7 Å². The molecule has 0 saturated heterocycles. The molecule has 0 radical (unpaired) electrons. The Bertz CT molecular complexity index is 1720. The number of carboxylic acids is 1. The maximum atomic E-state index is 13.6. The average Bonchev–Trinajstić information content (AvgIpc) is 3.36. The standard InChI is InChI=1S/C32H32Cl4N2O6S2/c1-6-18(27(39)38-29-20(31(43)44-5)17-11-10-14(32(2,3)4)12-19(17)46-29)45-16-9-7-8-15(13-16)37-28(40)21-22(30(41)42)24(34)26(36)25(35)23(21)33/h7-9,13-14,18H,6,10-12H2,1-5H3,(H,37,40)(H,38,39)(H,41,42). The summed E-state index contributed by atoms with van der Waals surface area (Å²) >= 11 is 27.1. The predicted molar refractivity (Wildman–Crippen MR) is 187 cm³/mol. The zero-order valence-corrected chi connectivity index (χ0v) is 30.3. The van der Waals surface area contributed by atoms with Crippen LogP contribution in [0.3, 0.4) is 0 Å². The number of benzene rings is 2. The van der Waals surface area contributed by atoms with E-state index in [4.69, 9.17) is 51.1 Å². The van der Waals surface area contributed by atoms with Crippen LogP contribution in [-0.4, -0.2) is 41.2 Å². The van der Waals surface area contributed by atoms with E-state index in [0.29, 0.717) is 33.5 Å². The molecule has 3 N–H and O–H groups in total. The van der Waals surface area contributed by atoms with Crippen molar-refractivity contribution in [1.82, 2.24) is 0 Å². The minimum absolute atomic E-state index is 0.119. The summed E-state index contributed by atoms with van der Waals surface area (Å²) in [4.78, 5) is 53.3. The Balaban J connectivity index is 1.55. The van der Waals surface area contributed by atoms with Crippen molar-refractivity contribution in [3.63, 3.8) is 0 Å². The third-order valence-corrected chi connectivity index (χ3v) is 12.2. The highest BCUT2D eigenvalue weighted by Gasteiger charge is 2.35. The number of carbonyl (C=O) groups is 4. The Morgan fingerprint density at radius 2 is 1.67 bits per heavy atom. The molecular formula is C32H32Cl4N2O6S2. The molecule has 8 nitrogen and oxygen atoms in total. The van der Waals surface area contributed by atoms with E-state index >= 15 is 0 Å². The number of ether oxygens (including phenoxy) is 1. The second-order valence-corrected chi connectivity index (χ2v) is 15.7. The lowest BCUT2D eigenvalue weighted by Gasteiger charge is -2.33. The van der Waals surface area contributed by atoms with Gasteiger partial charge < -0.3 is 20.5 Å². The zero-order valence-electron chi connectivity index (χ0n) is 25.6. The van der Waals surface area contributed by atoms with Crippen LogP contribution in [0.15, 0.2) is 29.2 Å². The van der Waals surface area contributed by atoms with Crippen molar-refractivity contribution in [2.45, 2.75) is 63.5 Å². The largest absolute Gasteiger partial charge is 0.478 e. The van der Waals surface area contributed by atoms with Crippen molar-refractivity contribution in [1.29, 1.82) is 0 Å². The first kappa shape index (κ1) is 36.4. The van der Waals surface area contributed by atoms with Crippen LogP contribution in [0.4, 0.5) is 10.7 Å². The summed E-state index contributed by atoms with van der Waals surface area (Å²) in [6.07, 6.45) is 3.00. The molecule has 2 amide bonds. The Morgan fingerprint density at radius 3 is 2.26 bits per heavy atom. The number of anilines is 2. The van der Waals surface area contributed by atoms with E-state index in [2.05, 4.69) is 31.4 Å². The van der Waals surface area contributed by atoms with Crippen molar-refractivity contribution in [3.8, 4) is 0 Å². The SMILES string of the molecule is CCC(Sc1cccc(NC(=O)c2c(Cl)c(Cl)c(Cl)c(Cl)c2C(=O)O)c1)C(=O)Nc1sc2c(c1C(=O)OC)CCC(C(C)(C)C)C2. The quantitative estimate of drug-likeness (QED) is 0.0863. The molecule has 2 unspecified atom stereocenters. The van der Waals surface area contributed by atoms with Gasteiger partial charge in [-0.15, -0.1) is 23.1 Å². The van der Waals surface area contributed by atoms with E-state index in [-0.39, 0.29) is 26.4 Å². The van der Waals surface area contributed by atoms with Crippen LogP contribution in [0.25, 0.3) is 0 Å². The number of carboxylic acid groups (broad SMARTS) is 1. The molecule has 246 valence electrons. The molecule has 1 aromatic heterocycles. The molecule has 0 spiro atoms. The number of amides is 2. The molecule has 3 aromatic rings. The summed E-state index contributed by atoms with van der Waals surface area (Å²) in [5.41, 5.74) is 0.787. The van der Waals surface area contributed by atoms with Gasteiger partial charge in [-0.1, -0.05) is 80.2 Å². The van der Waals surface area contributed by atoms with E-state index in [0.717, 1.165) is 29.7 Å². The van der Waals surface area contributed by atoms with E-state index < -0.39 is 39.2 Å². The van der Waals surface area contributed by atoms with Gasteiger partial charge in [-0.3, -0.25) is 9.59 Å². The fourth-order valence-electron chi connectivity index (χ4n) is 5.30. The molecule has 4 rings (SSSR count). The lowest BCUT2D eigenvalue weighted by atomic mass is 9.72. The zero-order chi connectivity index (χ0) is 34.1. The fourth-order valence-corrected chi connectivity index (χ4v) is 8.65. The summed E-state index contributed by atoms with van der Waals surface area (Å²) in [6, 6.07) is 6.69. The second-order valence-electron chi connectivity index (χ2n) is 11.8. The normalized spacial score (nSPS) is 15.1. The van der Waals surface area contributed by atoms with Crippen molar-refractivity contribution in [3.05, 3.63) is 71.5 Å². The molecule has 0 fully saturated rings. The maximum Gasteiger partial charge on any atom is 0.341 e. The van der Waals surface area contributed by atoms with Crippen LogP contribution in [0.2, 0.25) is 20.1 Å². The highest BCUT2D eigenvalue weighted by atomic mass is 35.5.